The monoisotopic (exact) mass is 297 g/mol. The fourth-order valence-electron chi connectivity index (χ4n) is 2.41. The van der Waals surface area contributed by atoms with E-state index in [2.05, 4.69) is 14.6 Å². The van der Waals surface area contributed by atoms with Crippen LogP contribution in [0.4, 0.5) is 0 Å². The van der Waals surface area contributed by atoms with Gasteiger partial charge in [-0.2, -0.15) is 5.10 Å². The molecule has 0 atom stereocenters. The smallest absolute Gasteiger partial charge is 0.217 e. The number of amides is 1. The van der Waals surface area contributed by atoms with Crippen LogP contribution in [0.25, 0.3) is 11.2 Å². The molecule has 0 unspecified atom stereocenters. The van der Waals surface area contributed by atoms with Crippen LogP contribution < -0.4 is 5.73 Å². The number of hydrogen-bond donors (Lipinski definition) is 1. The SMILES string of the molecule is CCn1nc(C)c2nc(CCCl)n(CCCC(N)=O)c21. The van der Waals surface area contributed by atoms with Crippen molar-refractivity contribution in [2.45, 2.75) is 46.2 Å². The van der Waals surface area contributed by atoms with Gasteiger partial charge in [0, 0.05) is 31.8 Å². The Hall–Kier alpha value is -1.56. The van der Waals surface area contributed by atoms with E-state index in [1.165, 1.54) is 0 Å². The molecule has 0 spiro atoms. The Balaban J connectivity index is 2.40. The fourth-order valence-corrected chi connectivity index (χ4v) is 2.58. The van der Waals surface area contributed by atoms with Gasteiger partial charge < -0.3 is 10.3 Å². The topological polar surface area (TPSA) is 78.7 Å². The summed E-state index contributed by atoms with van der Waals surface area (Å²) in [5, 5.41) is 4.48. The van der Waals surface area contributed by atoms with Gasteiger partial charge in [-0.3, -0.25) is 4.79 Å². The zero-order chi connectivity index (χ0) is 14.7. The van der Waals surface area contributed by atoms with Crippen molar-refractivity contribution >= 4 is 28.7 Å². The minimum Gasteiger partial charge on any atom is -0.370 e. The van der Waals surface area contributed by atoms with Gasteiger partial charge in [0.15, 0.2) is 5.65 Å². The zero-order valence-electron chi connectivity index (χ0n) is 11.9. The van der Waals surface area contributed by atoms with E-state index in [9.17, 15) is 4.79 Å². The van der Waals surface area contributed by atoms with Crippen LogP contribution in [0.5, 0.6) is 0 Å². The van der Waals surface area contributed by atoms with Gasteiger partial charge >= 0.3 is 0 Å². The predicted molar refractivity (Wildman–Crippen MR) is 78.8 cm³/mol. The number of nitrogens with two attached hydrogens (primary N) is 1. The molecule has 0 radical (unpaired) electrons. The Bertz CT molecular complexity index is 616. The summed E-state index contributed by atoms with van der Waals surface area (Å²) in [4.78, 5) is 15.5. The van der Waals surface area contributed by atoms with Gasteiger partial charge in [-0.15, -0.1) is 11.6 Å². The molecule has 1 amide bonds. The highest BCUT2D eigenvalue weighted by Gasteiger charge is 2.17. The minimum absolute atomic E-state index is 0.277. The third kappa shape index (κ3) is 2.80. The molecule has 0 fully saturated rings. The Labute approximate surface area is 122 Å². The summed E-state index contributed by atoms with van der Waals surface area (Å²) in [6.45, 7) is 5.50. The number of fused-ring (bicyclic) bond motifs is 1. The maximum absolute atomic E-state index is 10.9. The summed E-state index contributed by atoms with van der Waals surface area (Å²) in [6.07, 6.45) is 1.78. The molecule has 2 aromatic heterocycles. The number of rotatable bonds is 7. The van der Waals surface area contributed by atoms with E-state index in [-0.39, 0.29) is 5.91 Å². The lowest BCUT2D eigenvalue weighted by molar-refractivity contribution is -0.118. The largest absolute Gasteiger partial charge is 0.370 e. The highest BCUT2D eigenvalue weighted by atomic mass is 35.5. The van der Waals surface area contributed by atoms with Crippen molar-refractivity contribution in [2.24, 2.45) is 5.73 Å². The molecule has 0 bridgehead atoms. The molecule has 0 aliphatic rings. The van der Waals surface area contributed by atoms with E-state index >= 15 is 0 Å². The molecule has 7 heteroatoms. The maximum atomic E-state index is 10.9. The van der Waals surface area contributed by atoms with E-state index in [0.29, 0.717) is 31.7 Å². The van der Waals surface area contributed by atoms with E-state index in [1.54, 1.807) is 0 Å². The first kappa shape index (κ1) is 14.8. The molecule has 0 saturated carbocycles. The van der Waals surface area contributed by atoms with E-state index in [1.807, 2.05) is 18.5 Å². The number of primary amides is 1. The number of aromatic nitrogens is 4. The lowest BCUT2D eigenvalue weighted by Gasteiger charge is -2.09. The number of hydrogen-bond acceptors (Lipinski definition) is 3. The first-order chi connectivity index (χ1) is 9.58. The summed E-state index contributed by atoms with van der Waals surface area (Å²) in [6, 6.07) is 0. The Morgan fingerprint density at radius 3 is 2.80 bits per heavy atom. The van der Waals surface area contributed by atoms with Crippen molar-refractivity contribution in [3.05, 3.63) is 11.5 Å². The van der Waals surface area contributed by atoms with Crippen LogP contribution in [-0.4, -0.2) is 31.1 Å². The molecule has 110 valence electrons. The highest BCUT2D eigenvalue weighted by Crippen LogP contribution is 2.21. The number of halogens is 1. The number of alkyl halides is 1. The fraction of sp³-hybridized carbons (Fsp3) is 0.615. The number of imidazole rings is 1. The van der Waals surface area contributed by atoms with Crippen LogP contribution in [0.2, 0.25) is 0 Å². The molecule has 2 rings (SSSR count). The van der Waals surface area contributed by atoms with Crippen molar-refractivity contribution < 1.29 is 4.79 Å². The molecule has 0 aromatic carbocycles. The lowest BCUT2D eigenvalue weighted by Crippen LogP contribution is -2.14. The van der Waals surface area contributed by atoms with Gasteiger partial charge in [-0.05, 0) is 20.3 Å². The molecule has 2 N–H and O–H groups in total. The summed E-state index contributed by atoms with van der Waals surface area (Å²) in [5.74, 6) is 1.19. The summed E-state index contributed by atoms with van der Waals surface area (Å²) < 4.78 is 4.06. The molecule has 2 heterocycles. The van der Waals surface area contributed by atoms with Crippen LogP contribution in [-0.2, 0) is 24.3 Å². The van der Waals surface area contributed by atoms with Gasteiger partial charge in [0.2, 0.25) is 5.91 Å². The van der Waals surface area contributed by atoms with Gasteiger partial charge in [0.05, 0.1) is 5.69 Å². The Kier molecular flexibility index (Phi) is 4.65. The van der Waals surface area contributed by atoms with Crippen molar-refractivity contribution in [1.29, 1.82) is 0 Å². The van der Waals surface area contributed by atoms with Crippen molar-refractivity contribution in [1.82, 2.24) is 19.3 Å². The lowest BCUT2D eigenvalue weighted by atomic mass is 10.3. The molecular weight excluding hydrogens is 278 g/mol. The van der Waals surface area contributed by atoms with Crippen LogP contribution in [0.3, 0.4) is 0 Å². The van der Waals surface area contributed by atoms with Crippen molar-refractivity contribution in [3.8, 4) is 0 Å². The summed E-state index contributed by atoms with van der Waals surface area (Å²) in [5.41, 5.74) is 8.05. The normalized spacial score (nSPS) is 11.3. The molecule has 20 heavy (non-hydrogen) atoms. The zero-order valence-corrected chi connectivity index (χ0v) is 12.7. The second-order valence-electron chi connectivity index (χ2n) is 4.76. The quantitative estimate of drug-likeness (QED) is 0.789. The molecule has 0 aliphatic carbocycles. The van der Waals surface area contributed by atoms with Gasteiger partial charge in [-0.25, -0.2) is 9.67 Å². The number of nitrogens with zero attached hydrogens (tertiary/aromatic N) is 4. The van der Waals surface area contributed by atoms with E-state index in [0.717, 1.165) is 29.2 Å². The number of aryl methyl sites for hydroxylation is 4. The maximum Gasteiger partial charge on any atom is 0.217 e. The van der Waals surface area contributed by atoms with Crippen molar-refractivity contribution in [3.63, 3.8) is 0 Å². The molecule has 0 saturated heterocycles. The van der Waals surface area contributed by atoms with Gasteiger partial charge in [-0.1, -0.05) is 0 Å². The van der Waals surface area contributed by atoms with Crippen LogP contribution in [0.15, 0.2) is 0 Å². The summed E-state index contributed by atoms with van der Waals surface area (Å²) in [7, 11) is 0. The number of carbonyl (C=O) groups excluding carboxylic acids is 1. The van der Waals surface area contributed by atoms with Crippen LogP contribution in [0.1, 0.15) is 31.3 Å². The summed E-state index contributed by atoms with van der Waals surface area (Å²) >= 11 is 5.85. The Morgan fingerprint density at radius 2 is 2.20 bits per heavy atom. The first-order valence-corrected chi connectivity index (χ1v) is 7.38. The standard InChI is InChI=1S/C13H20ClN5O/c1-3-19-13-12(9(2)17-19)16-11(6-7-14)18(13)8-4-5-10(15)20/h3-8H2,1-2H3,(H2,15,20). The minimum atomic E-state index is -0.277. The van der Waals surface area contributed by atoms with Gasteiger partial charge in [0.25, 0.3) is 0 Å². The average molecular weight is 298 g/mol. The van der Waals surface area contributed by atoms with Gasteiger partial charge in [0.1, 0.15) is 11.3 Å². The predicted octanol–water partition coefficient (Wildman–Crippen LogP) is 1.61. The van der Waals surface area contributed by atoms with Crippen LogP contribution in [0, 0.1) is 6.92 Å². The van der Waals surface area contributed by atoms with Crippen molar-refractivity contribution in [2.75, 3.05) is 5.88 Å². The molecule has 0 aliphatic heterocycles. The van der Waals surface area contributed by atoms with E-state index < -0.39 is 0 Å². The highest BCUT2D eigenvalue weighted by molar-refractivity contribution is 6.17. The molecule has 2 aromatic rings. The molecule has 6 nitrogen and oxygen atoms in total. The number of carbonyl (C=O) groups is 1. The molecular formula is C13H20ClN5O. The average Bonchev–Trinajstić information content (AvgIpc) is 2.89. The second-order valence-corrected chi connectivity index (χ2v) is 5.14. The third-order valence-electron chi connectivity index (χ3n) is 3.30. The Morgan fingerprint density at radius 1 is 1.45 bits per heavy atom. The van der Waals surface area contributed by atoms with E-state index in [4.69, 9.17) is 17.3 Å². The second kappa shape index (κ2) is 6.26. The first-order valence-electron chi connectivity index (χ1n) is 6.85. The third-order valence-corrected chi connectivity index (χ3v) is 3.49. The van der Waals surface area contributed by atoms with Crippen LogP contribution >= 0.6 is 11.6 Å².